The van der Waals surface area contributed by atoms with Crippen LogP contribution in [0.15, 0.2) is 6.07 Å². The molecule has 1 aromatic heterocycles. The van der Waals surface area contributed by atoms with Crippen LogP contribution in [0.5, 0.6) is 5.88 Å². The Morgan fingerprint density at radius 1 is 1.31 bits per heavy atom. The summed E-state index contributed by atoms with van der Waals surface area (Å²) in [5.41, 5.74) is 0. The molecular formula is C11H19N3O2. The number of unbranched alkanes of at least 4 members (excludes halogenated alkanes) is 1. The van der Waals surface area contributed by atoms with Crippen LogP contribution < -0.4 is 10.1 Å². The fourth-order valence-corrected chi connectivity index (χ4v) is 1.25. The summed E-state index contributed by atoms with van der Waals surface area (Å²) in [6.07, 6.45) is 2.27. The molecule has 0 fully saturated rings. The van der Waals surface area contributed by atoms with E-state index in [1.165, 1.54) is 0 Å². The van der Waals surface area contributed by atoms with Crippen LogP contribution in [-0.4, -0.2) is 30.7 Å². The second-order valence-corrected chi connectivity index (χ2v) is 3.43. The summed E-state index contributed by atoms with van der Waals surface area (Å²) in [6.45, 7) is 3.45. The highest BCUT2D eigenvalue weighted by molar-refractivity contribution is 5.38. The molecule has 0 spiro atoms. The molecule has 0 saturated heterocycles. The van der Waals surface area contributed by atoms with E-state index in [1.54, 1.807) is 20.3 Å². The third kappa shape index (κ3) is 4.02. The minimum Gasteiger partial charge on any atom is -0.481 e. The molecule has 1 aromatic rings. The van der Waals surface area contributed by atoms with Gasteiger partial charge in [0.05, 0.1) is 7.11 Å². The first-order chi connectivity index (χ1) is 7.80. The number of aromatic nitrogens is 2. The molecule has 5 nitrogen and oxygen atoms in total. The zero-order valence-electron chi connectivity index (χ0n) is 10.1. The Kier molecular flexibility index (Phi) is 5.56. The SMILES string of the molecule is CCCCNc1cc(OC)nc(COC)n1. The summed E-state index contributed by atoms with van der Waals surface area (Å²) in [5.74, 6) is 1.97. The number of methoxy groups -OCH3 is 2. The minimum atomic E-state index is 0.389. The number of hydrogen-bond donors (Lipinski definition) is 1. The second kappa shape index (κ2) is 7.00. The number of ether oxygens (including phenoxy) is 2. The fraction of sp³-hybridized carbons (Fsp3) is 0.636. The lowest BCUT2D eigenvalue weighted by Crippen LogP contribution is -2.07. The van der Waals surface area contributed by atoms with E-state index >= 15 is 0 Å². The summed E-state index contributed by atoms with van der Waals surface area (Å²) in [7, 11) is 3.21. The lowest BCUT2D eigenvalue weighted by atomic mass is 10.3. The third-order valence-electron chi connectivity index (χ3n) is 2.07. The Bertz CT molecular complexity index is 318. The topological polar surface area (TPSA) is 56.3 Å². The van der Waals surface area contributed by atoms with Crippen molar-refractivity contribution in [3.63, 3.8) is 0 Å². The van der Waals surface area contributed by atoms with Crippen molar-refractivity contribution in [2.45, 2.75) is 26.4 Å². The molecule has 0 aliphatic rings. The van der Waals surface area contributed by atoms with Crippen LogP contribution in [0.3, 0.4) is 0 Å². The van der Waals surface area contributed by atoms with E-state index in [4.69, 9.17) is 9.47 Å². The third-order valence-corrected chi connectivity index (χ3v) is 2.07. The van der Waals surface area contributed by atoms with Crippen LogP contribution in [0.1, 0.15) is 25.6 Å². The fourth-order valence-electron chi connectivity index (χ4n) is 1.25. The van der Waals surface area contributed by atoms with Gasteiger partial charge in [-0.2, -0.15) is 4.98 Å². The van der Waals surface area contributed by atoms with E-state index in [0.717, 1.165) is 25.2 Å². The van der Waals surface area contributed by atoms with Gasteiger partial charge in [-0.15, -0.1) is 0 Å². The molecule has 1 N–H and O–H groups in total. The Balaban J connectivity index is 2.69. The van der Waals surface area contributed by atoms with Crippen LogP contribution in [0.2, 0.25) is 0 Å². The van der Waals surface area contributed by atoms with Gasteiger partial charge in [-0.25, -0.2) is 4.98 Å². The molecule has 0 radical (unpaired) electrons. The van der Waals surface area contributed by atoms with Gasteiger partial charge >= 0.3 is 0 Å². The predicted molar refractivity (Wildman–Crippen MR) is 62.7 cm³/mol. The number of anilines is 1. The highest BCUT2D eigenvalue weighted by Crippen LogP contribution is 2.13. The van der Waals surface area contributed by atoms with E-state index in [0.29, 0.717) is 18.3 Å². The van der Waals surface area contributed by atoms with Crippen LogP contribution in [0, 0.1) is 0 Å². The van der Waals surface area contributed by atoms with Crippen molar-refractivity contribution in [1.82, 2.24) is 9.97 Å². The molecule has 5 heteroatoms. The van der Waals surface area contributed by atoms with Crippen molar-refractivity contribution in [3.8, 4) is 5.88 Å². The Labute approximate surface area is 96.2 Å². The van der Waals surface area contributed by atoms with Crippen LogP contribution >= 0.6 is 0 Å². The lowest BCUT2D eigenvalue weighted by Gasteiger charge is -2.08. The van der Waals surface area contributed by atoms with Crippen molar-refractivity contribution >= 4 is 5.82 Å². The average Bonchev–Trinajstić information content (AvgIpc) is 2.29. The van der Waals surface area contributed by atoms with Gasteiger partial charge < -0.3 is 14.8 Å². The molecule has 90 valence electrons. The van der Waals surface area contributed by atoms with Crippen molar-refractivity contribution in [3.05, 3.63) is 11.9 Å². The zero-order valence-corrected chi connectivity index (χ0v) is 10.1. The summed E-state index contributed by atoms with van der Waals surface area (Å²) in [5, 5.41) is 3.23. The predicted octanol–water partition coefficient (Wildman–Crippen LogP) is 1.84. The van der Waals surface area contributed by atoms with Gasteiger partial charge in [-0.3, -0.25) is 0 Å². The van der Waals surface area contributed by atoms with Gasteiger partial charge in [0.1, 0.15) is 12.4 Å². The molecule has 16 heavy (non-hydrogen) atoms. The van der Waals surface area contributed by atoms with Crippen molar-refractivity contribution in [2.75, 3.05) is 26.1 Å². The number of rotatable bonds is 7. The summed E-state index contributed by atoms with van der Waals surface area (Å²) >= 11 is 0. The molecule has 0 aliphatic carbocycles. The average molecular weight is 225 g/mol. The normalized spacial score (nSPS) is 10.2. The largest absolute Gasteiger partial charge is 0.481 e. The maximum absolute atomic E-state index is 5.10. The molecule has 0 aromatic carbocycles. The minimum absolute atomic E-state index is 0.389. The molecule has 0 unspecified atom stereocenters. The van der Waals surface area contributed by atoms with Gasteiger partial charge in [-0.1, -0.05) is 13.3 Å². The van der Waals surface area contributed by atoms with E-state index in [9.17, 15) is 0 Å². The van der Waals surface area contributed by atoms with Gasteiger partial charge in [-0.05, 0) is 6.42 Å². The van der Waals surface area contributed by atoms with Gasteiger partial charge in [0.25, 0.3) is 0 Å². The van der Waals surface area contributed by atoms with E-state index in [2.05, 4.69) is 22.2 Å². The van der Waals surface area contributed by atoms with Crippen molar-refractivity contribution in [1.29, 1.82) is 0 Å². The molecule has 0 saturated carbocycles. The first-order valence-electron chi connectivity index (χ1n) is 5.45. The number of nitrogens with one attached hydrogen (secondary N) is 1. The van der Waals surface area contributed by atoms with Crippen LogP contribution in [0.25, 0.3) is 0 Å². The summed E-state index contributed by atoms with van der Waals surface area (Å²) < 4.78 is 10.1. The summed E-state index contributed by atoms with van der Waals surface area (Å²) in [6, 6.07) is 1.79. The standard InChI is InChI=1S/C11H19N3O2/c1-4-5-6-12-9-7-11(16-3)14-10(13-9)8-15-2/h7H,4-6,8H2,1-3H3,(H,12,13,14). The Morgan fingerprint density at radius 2 is 2.12 bits per heavy atom. The number of nitrogens with zero attached hydrogens (tertiary/aromatic N) is 2. The maximum atomic E-state index is 5.10. The van der Waals surface area contributed by atoms with Gasteiger partial charge in [0.15, 0.2) is 5.82 Å². The Hall–Kier alpha value is -1.36. The molecule has 0 bridgehead atoms. The number of hydrogen-bond acceptors (Lipinski definition) is 5. The molecule has 1 heterocycles. The summed E-state index contributed by atoms with van der Waals surface area (Å²) in [4.78, 5) is 8.49. The zero-order chi connectivity index (χ0) is 11.8. The maximum Gasteiger partial charge on any atom is 0.218 e. The molecular weight excluding hydrogens is 206 g/mol. The monoisotopic (exact) mass is 225 g/mol. The highest BCUT2D eigenvalue weighted by atomic mass is 16.5. The smallest absolute Gasteiger partial charge is 0.218 e. The van der Waals surface area contributed by atoms with Crippen LogP contribution in [0.4, 0.5) is 5.82 Å². The molecule has 0 atom stereocenters. The first-order valence-corrected chi connectivity index (χ1v) is 5.45. The quantitative estimate of drug-likeness (QED) is 0.718. The van der Waals surface area contributed by atoms with Crippen molar-refractivity contribution in [2.24, 2.45) is 0 Å². The second-order valence-electron chi connectivity index (χ2n) is 3.43. The van der Waals surface area contributed by atoms with Gasteiger partial charge in [0, 0.05) is 19.7 Å². The van der Waals surface area contributed by atoms with Crippen LogP contribution in [-0.2, 0) is 11.3 Å². The van der Waals surface area contributed by atoms with E-state index in [1.807, 2.05) is 0 Å². The van der Waals surface area contributed by atoms with Gasteiger partial charge in [0.2, 0.25) is 5.88 Å². The molecule has 0 aliphatic heterocycles. The van der Waals surface area contributed by atoms with E-state index < -0.39 is 0 Å². The lowest BCUT2D eigenvalue weighted by molar-refractivity contribution is 0.177. The first kappa shape index (κ1) is 12.7. The molecule has 1 rings (SSSR count). The van der Waals surface area contributed by atoms with E-state index in [-0.39, 0.29) is 0 Å². The molecule has 0 amide bonds. The Morgan fingerprint density at radius 3 is 2.75 bits per heavy atom. The van der Waals surface area contributed by atoms with Crippen molar-refractivity contribution < 1.29 is 9.47 Å². The highest BCUT2D eigenvalue weighted by Gasteiger charge is 2.04.